The van der Waals surface area contributed by atoms with Crippen molar-refractivity contribution in [2.24, 2.45) is 4.99 Å². The zero-order valence-corrected chi connectivity index (χ0v) is 74.4. The number of fused-ring (bicyclic) bond motifs is 10. The molecule has 3 aromatic heterocycles. The summed E-state index contributed by atoms with van der Waals surface area (Å²) < 4.78 is 38.8. The van der Waals surface area contributed by atoms with E-state index in [1.165, 1.54) is 66.8 Å². The molecule has 0 radical (unpaired) electrons. The van der Waals surface area contributed by atoms with Gasteiger partial charge in [0.25, 0.3) is 5.82 Å². The molecule has 0 saturated carbocycles. The summed E-state index contributed by atoms with van der Waals surface area (Å²) >= 11 is 0. The summed E-state index contributed by atoms with van der Waals surface area (Å²) in [6.07, 6.45) is 12.3. The average Bonchev–Trinajstić information content (AvgIpc) is 0.715. The van der Waals surface area contributed by atoms with Gasteiger partial charge in [0.1, 0.15) is 0 Å². The summed E-state index contributed by atoms with van der Waals surface area (Å²) in [5.74, 6) is 0.509. The molecule has 130 heavy (non-hydrogen) atoms. The fraction of sp³-hybridized carbons (Fsp3) is 0.0847. The number of benzene rings is 16. The van der Waals surface area contributed by atoms with Crippen LogP contribution in [0.3, 0.4) is 0 Å². The van der Waals surface area contributed by atoms with Gasteiger partial charge < -0.3 is 36.9 Å². The van der Waals surface area contributed by atoms with Gasteiger partial charge in [-0.25, -0.2) is 0 Å². The molecule has 0 saturated heterocycles. The topological polar surface area (TPSA) is 70.0 Å². The Hall–Kier alpha value is -15.9. The smallest absolute Gasteiger partial charge is 0.414 e. The molecule has 0 bridgehead atoms. The second-order valence-corrected chi connectivity index (χ2v) is 34.4. The van der Waals surface area contributed by atoms with Gasteiger partial charge in [-0.15, -0.1) is 0 Å². The van der Waals surface area contributed by atoms with Gasteiger partial charge in [-0.1, -0.05) is 252 Å². The van der Waals surface area contributed by atoms with Gasteiger partial charge in [-0.3, -0.25) is 9.59 Å². The Morgan fingerprint density at radius 2 is 0.662 bits per heavy atom. The van der Waals surface area contributed by atoms with E-state index in [9.17, 15) is 9.59 Å². The van der Waals surface area contributed by atoms with Crippen molar-refractivity contribution in [3.05, 3.63) is 474 Å². The van der Waals surface area contributed by atoms with E-state index in [1.54, 1.807) is 12.1 Å². The Balaban J connectivity index is 0.000000128. The zero-order valence-electron chi connectivity index (χ0n) is 74.4. The number of rotatable bonds is 14. The molecule has 19 aromatic rings. The highest BCUT2D eigenvalue weighted by Gasteiger charge is 2.52. The van der Waals surface area contributed by atoms with Gasteiger partial charge >= 0.3 is 6.97 Å². The lowest BCUT2D eigenvalue weighted by atomic mass is 9.84. The van der Waals surface area contributed by atoms with Crippen LogP contribution >= 0.6 is 0 Å². The lowest BCUT2D eigenvalue weighted by Crippen LogP contribution is -2.73. The Morgan fingerprint density at radius 3 is 1.05 bits per heavy atom. The van der Waals surface area contributed by atoms with Crippen LogP contribution in [-0.2, 0) is 0 Å². The van der Waals surface area contributed by atoms with Crippen LogP contribution in [0.4, 0.5) is 54.3 Å². The lowest BCUT2D eigenvalue weighted by molar-refractivity contribution is -0.524. The van der Waals surface area contributed by atoms with Crippen LogP contribution in [0.15, 0.2) is 385 Å². The molecule has 0 unspecified atom stereocenters. The molecule has 21 rings (SSSR count). The highest BCUT2D eigenvalue weighted by molar-refractivity contribution is 6.69. The number of aryl methyl sites for hydroxylation is 10. The largest absolute Gasteiger partial charge is 0.642 e. The van der Waals surface area contributed by atoms with E-state index in [2.05, 4.69) is 307 Å². The number of hydrogen-bond acceptors (Lipinski definition) is 6. The number of nitrogens with zero attached hydrogens (tertiary/aromatic N) is 7. The maximum Gasteiger partial charge on any atom is 0.642 e. The molecule has 16 aromatic carbocycles. The number of aliphatic imine (C=N–C) groups is 1. The molecular weight excluding hydrogens is 1600 g/mol. The van der Waals surface area contributed by atoms with Crippen LogP contribution < -0.4 is 29.9 Å². The minimum Gasteiger partial charge on any atom is -0.414 e. The summed E-state index contributed by atoms with van der Waals surface area (Å²) in [6.45, 7) is 16.8. The van der Waals surface area contributed by atoms with Crippen LogP contribution in [0.1, 0.15) is 83.5 Å². The van der Waals surface area contributed by atoms with E-state index in [0.717, 1.165) is 110 Å². The zero-order chi connectivity index (χ0) is 89.6. The van der Waals surface area contributed by atoms with Crippen molar-refractivity contribution in [1.29, 1.82) is 0 Å². The summed E-state index contributed by atoms with van der Waals surface area (Å²) in [4.78, 5) is 38.1. The molecule has 2 aliphatic heterocycles. The van der Waals surface area contributed by atoms with E-state index in [0.29, 0.717) is 43.8 Å². The van der Waals surface area contributed by atoms with Crippen molar-refractivity contribution in [2.45, 2.75) is 69.2 Å². The third-order valence-electron chi connectivity index (χ3n) is 24.9. The van der Waals surface area contributed by atoms with Gasteiger partial charge in [0.2, 0.25) is 5.84 Å². The number of pyridine rings is 3. The molecule has 12 heteroatoms. The first kappa shape index (κ1) is 83.6. The number of anilines is 7. The summed E-state index contributed by atoms with van der Waals surface area (Å²) in [6, 6.07) is 124. The summed E-state index contributed by atoms with van der Waals surface area (Å²) in [7, 11) is 0. The number of hydrogen-bond donors (Lipinski definition) is 0. The van der Waals surface area contributed by atoms with Crippen LogP contribution in [0.2, 0.25) is 0 Å². The Kier molecular flexibility index (Phi) is 22.6. The molecule has 0 spiro atoms. The van der Waals surface area contributed by atoms with E-state index in [4.69, 9.17) is 4.99 Å². The lowest BCUT2D eigenvalue weighted by Gasteiger charge is -2.41. The first-order chi connectivity index (χ1) is 63.1. The molecule has 2 aliphatic rings. The average molecular weight is 1690 g/mol. The van der Waals surface area contributed by atoms with Crippen LogP contribution in [0.25, 0.3) is 119 Å². The second kappa shape index (κ2) is 35.1. The van der Waals surface area contributed by atoms with Crippen molar-refractivity contribution < 1.29 is 13.1 Å². The molecular formula is C118H96BF2N7O2. The van der Waals surface area contributed by atoms with E-state index >= 15 is 8.63 Å². The first-order valence-corrected chi connectivity index (χ1v) is 44.2. The normalized spacial score (nSPS) is 12.5. The standard InChI is InChI=1S/C50H44N2.C36H32BF2N3.C32H20N2O2/c1-37-5-25-45(26-6-37)51(46-27-7-38(2)8-28-46)49-33-21-43(22-34-49)19-17-41-13-15-42(16-14-41)18-20-44-23-35-50(36-24-44)52(47-29-9-39(3)10-30-47)48-31-11-40(4)12-32-48;1-21-15-23(3)35(24(4)16-21)29-7-11-31-27(19-29)9-13-33-40-34-14-10-28-20-30(36-25(5)17-22(2)18-26(36)6)8-12-32(28)42(34)37(38,39)41(31)33;35-31-23-15-7-9-17-27(23)33(21-11-3-1-4-12-21)29-19-26-30(20-25(29)31)34(22-13-5-2-6-14-22)28-18-10-8-16-24(28)32(26)36/h5-36H,1-4H3;7-20H,1-6H3;1-20H/b19-17+,20-18+;;. The fourth-order valence-electron chi connectivity index (χ4n) is 18.7. The van der Waals surface area contributed by atoms with Crippen molar-refractivity contribution >= 4 is 143 Å². The minimum atomic E-state index is -4.23. The third-order valence-corrected chi connectivity index (χ3v) is 24.9. The van der Waals surface area contributed by atoms with Crippen molar-refractivity contribution in [3.8, 4) is 33.6 Å². The van der Waals surface area contributed by atoms with E-state index < -0.39 is 6.97 Å². The number of amidine groups is 1. The fourth-order valence-corrected chi connectivity index (χ4v) is 18.7. The number of halogens is 2. The maximum atomic E-state index is 16.8. The Bertz CT molecular complexity index is 7400. The van der Waals surface area contributed by atoms with Gasteiger partial charge in [0.05, 0.1) is 27.6 Å². The molecule has 632 valence electrons. The predicted molar refractivity (Wildman–Crippen MR) is 545 cm³/mol. The van der Waals surface area contributed by atoms with Gasteiger partial charge in [0, 0.05) is 90.3 Å². The van der Waals surface area contributed by atoms with Gasteiger partial charge in [-0.2, -0.15) is 0 Å². The predicted octanol–water partition coefficient (Wildman–Crippen LogP) is 29.9. The van der Waals surface area contributed by atoms with Gasteiger partial charge in [-0.05, 0) is 316 Å². The Morgan fingerprint density at radius 1 is 0.315 bits per heavy atom. The molecule has 0 aliphatic carbocycles. The van der Waals surface area contributed by atoms with E-state index in [-0.39, 0.29) is 22.5 Å². The highest BCUT2D eigenvalue weighted by Crippen LogP contribution is 2.43. The van der Waals surface area contributed by atoms with Crippen LogP contribution in [0.5, 0.6) is 0 Å². The quantitative estimate of drug-likeness (QED) is 0.0616. The molecule has 5 heterocycles. The third kappa shape index (κ3) is 16.4. The van der Waals surface area contributed by atoms with Crippen molar-refractivity contribution in [2.75, 3.05) is 14.6 Å². The van der Waals surface area contributed by atoms with Crippen LogP contribution in [-0.4, -0.2) is 21.9 Å². The van der Waals surface area contributed by atoms with E-state index in [1.807, 2.05) is 170 Å². The molecule has 0 amide bonds. The Labute approximate surface area is 757 Å². The van der Waals surface area contributed by atoms with Gasteiger partial charge in [0.15, 0.2) is 10.9 Å². The maximum absolute atomic E-state index is 16.8. The minimum absolute atomic E-state index is 0.0464. The van der Waals surface area contributed by atoms with Crippen LogP contribution in [0, 0.1) is 69.2 Å². The molecule has 0 atom stereocenters. The van der Waals surface area contributed by atoms with Crippen molar-refractivity contribution in [3.63, 3.8) is 0 Å². The van der Waals surface area contributed by atoms with Crippen molar-refractivity contribution in [1.82, 2.24) is 9.13 Å². The molecule has 0 fully saturated rings. The molecule has 0 N–H and O–H groups in total. The second-order valence-electron chi connectivity index (χ2n) is 34.4. The summed E-state index contributed by atoms with van der Waals surface area (Å²) in [5, 5.41) is 3.18. The number of aromatic nitrogens is 3. The number of para-hydroxylation sites is 4. The monoisotopic (exact) mass is 1690 g/mol. The SMILES string of the molecule is Cc1cc(C)c(-c2ccc3c(c2)C=CC2=Nc4ccc5cc(-c6c(C)cc(C)cc6C)ccc5[n+]4[B-](F)(F)N23)c(C)c1.Cc1ccc(N(c2ccc(C)cc2)c2ccc(/C=C/c3ccc(/C=C/c4ccc(N(c5ccc(C)cc5)c5ccc(C)cc5)cc4)cc3)cc2)cc1.O=c1c2ccccc2n(-c2ccccc2)c2cc3c(=O)c4ccccc4n(-c4ccccc4)c3cc12. The molecule has 9 nitrogen and oxygen atoms in total. The highest BCUT2D eigenvalue weighted by atomic mass is 19.2. The summed E-state index contributed by atoms with van der Waals surface area (Å²) in [5.41, 5.74) is 34.5. The first-order valence-electron chi connectivity index (χ1n) is 44.2.